The van der Waals surface area contributed by atoms with E-state index < -0.39 is 35.0 Å². The molecule has 0 saturated heterocycles. The summed E-state index contributed by atoms with van der Waals surface area (Å²) in [5.74, 6) is -1.10. The summed E-state index contributed by atoms with van der Waals surface area (Å²) in [5, 5.41) is 0.601. The monoisotopic (exact) mass is 396 g/mol. The van der Waals surface area contributed by atoms with Gasteiger partial charge in [0.25, 0.3) is 0 Å². The minimum atomic E-state index is -3.10. The van der Waals surface area contributed by atoms with Crippen LogP contribution in [0.4, 0.5) is 5.69 Å². The molecule has 0 bridgehead atoms. The Hall–Kier alpha value is -2.55. The van der Waals surface area contributed by atoms with Crippen molar-refractivity contribution in [2.45, 2.75) is 39.8 Å². The fraction of sp³-hybridized carbons (Fsp3) is 0.444. The van der Waals surface area contributed by atoms with Gasteiger partial charge in [-0.25, -0.2) is 8.42 Å². The number of carbonyl (C=O) groups excluding carboxylic acids is 2. The largest absolute Gasteiger partial charge is 0.465 e. The van der Waals surface area contributed by atoms with E-state index in [2.05, 4.69) is 0 Å². The molecule has 0 fully saturated rings. The second kappa shape index (κ2) is 8.43. The van der Waals surface area contributed by atoms with Crippen LogP contribution in [0, 0.1) is 0 Å². The standard InChI is InChI=1S/C18H24N2O6S/c1-5-25-16(21)11-19-10-15(13-8-6-7-9-14(13)19)20(27(23)24)12-17(22)26-18(2,3)4/h6-10,27H,5,11-12H2,1-4H3. The smallest absolute Gasteiger partial charge is 0.327 e. The zero-order chi connectivity index (χ0) is 20.2. The van der Waals surface area contributed by atoms with Gasteiger partial charge in [0.1, 0.15) is 18.7 Å². The number of para-hydroxylation sites is 1. The van der Waals surface area contributed by atoms with E-state index in [0.717, 1.165) is 4.31 Å². The molecule has 2 aromatic rings. The Morgan fingerprint density at radius 2 is 1.81 bits per heavy atom. The van der Waals surface area contributed by atoms with E-state index in [1.165, 1.54) is 6.20 Å². The van der Waals surface area contributed by atoms with Crippen LogP contribution in [0.3, 0.4) is 0 Å². The van der Waals surface area contributed by atoms with Crippen molar-refractivity contribution < 1.29 is 27.5 Å². The SMILES string of the molecule is CCOC(=O)Cn1cc(N(CC(=O)OC(C)(C)C)[SH](=O)=O)c2ccccc21. The molecular formula is C18H24N2O6S. The van der Waals surface area contributed by atoms with Crippen molar-refractivity contribution in [3.05, 3.63) is 30.5 Å². The third-order valence-corrected chi connectivity index (χ3v) is 4.30. The zero-order valence-corrected chi connectivity index (χ0v) is 16.7. The predicted molar refractivity (Wildman–Crippen MR) is 102 cm³/mol. The first-order valence-electron chi connectivity index (χ1n) is 8.49. The molecule has 0 atom stereocenters. The molecule has 0 aliphatic carbocycles. The first-order valence-corrected chi connectivity index (χ1v) is 9.62. The van der Waals surface area contributed by atoms with Gasteiger partial charge >= 0.3 is 11.9 Å². The molecule has 0 spiro atoms. The number of fused-ring (bicyclic) bond motifs is 1. The highest BCUT2D eigenvalue weighted by molar-refractivity contribution is 7.74. The molecule has 9 heteroatoms. The third kappa shape index (κ3) is 5.46. The van der Waals surface area contributed by atoms with Gasteiger partial charge in [0.15, 0.2) is 0 Å². The summed E-state index contributed by atoms with van der Waals surface area (Å²) in [6.07, 6.45) is 1.52. The van der Waals surface area contributed by atoms with Gasteiger partial charge < -0.3 is 14.0 Å². The minimum absolute atomic E-state index is 0.0652. The number of anilines is 1. The van der Waals surface area contributed by atoms with Crippen molar-refractivity contribution in [2.24, 2.45) is 0 Å². The van der Waals surface area contributed by atoms with Crippen LogP contribution < -0.4 is 4.31 Å². The van der Waals surface area contributed by atoms with Gasteiger partial charge in [-0.05, 0) is 33.8 Å². The van der Waals surface area contributed by atoms with E-state index in [1.807, 2.05) is 0 Å². The van der Waals surface area contributed by atoms with Crippen molar-refractivity contribution in [1.29, 1.82) is 0 Å². The molecule has 148 valence electrons. The molecule has 2 rings (SSSR count). The first-order chi connectivity index (χ1) is 12.6. The number of aromatic nitrogens is 1. The van der Waals surface area contributed by atoms with Crippen LogP contribution in [0.2, 0.25) is 0 Å². The van der Waals surface area contributed by atoms with Crippen LogP contribution >= 0.6 is 0 Å². The number of carbonyl (C=O) groups is 2. The maximum atomic E-state index is 12.1. The summed E-state index contributed by atoms with van der Waals surface area (Å²) in [7, 11) is -3.10. The lowest BCUT2D eigenvalue weighted by molar-refractivity contribution is -0.152. The quantitative estimate of drug-likeness (QED) is 0.567. The van der Waals surface area contributed by atoms with Gasteiger partial charge in [-0.3, -0.25) is 13.9 Å². The maximum Gasteiger partial charge on any atom is 0.327 e. The Morgan fingerprint density at radius 1 is 1.15 bits per heavy atom. The summed E-state index contributed by atoms with van der Waals surface area (Å²) in [5.41, 5.74) is 0.235. The Bertz CT molecular complexity index is 902. The van der Waals surface area contributed by atoms with Crippen molar-refractivity contribution in [1.82, 2.24) is 4.57 Å². The van der Waals surface area contributed by atoms with Crippen LogP contribution in [0.25, 0.3) is 10.9 Å². The van der Waals surface area contributed by atoms with Gasteiger partial charge in [0.2, 0.25) is 10.9 Å². The van der Waals surface area contributed by atoms with Gasteiger partial charge in [-0.1, -0.05) is 18.2 Å². The molecule has 0 unspecified atom stereocenters. The van der Waals surface area contributed by atoms with Crippen LogP contribution in [0.5, 0.6) is 0 Å². The van der Waals surface area contributed by atoms with E-state index in [0.29, 0.717) is 16.6 Å². The number of ether oxygens (including phenoxy) is 2. The molecule has 1 heterocycles. The molecule has 0 saturated carbocycles. The summed E-state index contributed by atoms with van der Waals surface area (Å²) < 4.78 is 36.4. The average molecular weight is 396 g/mol. The van der Waals surface area contributed by atoms with Gasteiger partial charge in [0.05, 0.1) is 17.8 Å². The number of nitrogens with zero attached hydrogens (tertiary/aromatic N) is 2. The molecule has 0 N–H and O–H groups in total. The Labute approximate surface area is 159 Å². The number of hydrogen-bond acceptors (Lipinski definition) is 6. The number of benzene rings is 1. The predicted octanol–water partition coefficient (Wildman–Crippen LogP) is 1.88. The molecule has 0 amide bonds. The van der Waals surface area contributed by atoms with Crippen LogP contribution in [-0.2, 0) is 36.5 Å². The number of rotatable bonds is 7. The van der Waals surface area contributed by atoms with Gasteiger partial charge in [0, 0.05) is 11.6 Å². The fourth-order valence-corrected chi connectivity index (χ4v) is 3.20. The van der Waals surface area contributed by atoms with Crippen molar-refractivity contribution in [3.8, 4) is 0 Å². The summed E-state index contributed by atoms with van der Waals surface area (Å²) >= 11 is 0. The second-order valence-corrected chi connectivity index (χ2v) is 7.80. The molecule has 27 heavy (non-hydrogen) atoms. The molecular weight excluding hydrogens is 372 g/mol. The van der Waals surface area contributed by atoms with Gasteiger partial charge in [-0.2, -0.15) is 0 Å². The normalized spacial score (nSPS) is 11.6. The molecule has 1 aromatic heterocycles. The second-order valence-electron chi connectivity index (χ2n) is 6.85. The lowest BCUT2D eigenvalue weighted by Crippen LogP contribution is -2.34. The van der Waals surface area contributed by atoms with E-state index in [1.54, 1.807) is 56.5 Å². The lowest BCUT2D eigenvalue weighted by atomic mass is 10.2. The van der Waals surface area contributed by atoms with Crippen LogP contribution in [-0.4, -0.2) is 43.7 Å². The number of esters is 2. The molecule has 0 aliphatic rings. The highest BCUT2D eigenvalue weighted by Gasteiger charge is 2.23. The minimum Gasteiger partial charge on any atom is -0.465 e. The van der Waals surface area contributed by atoms with E-state index in [-0.39, 0.29) is 13.2 Å². The highest BCUT2D eigenvalue weighted by Crippen LogP contribution is 2.29. The van der Waals surface area contributed by atoms with Crippen LogP contribution in [0.1, 0.15) is 27.7 Å². The van der Waals surface area contributed by atoms with Crippen molar-refractivity contribution in [3.63, 3.8) is 0 Å². The highest BCUT2D eigenvalue weighted by atomic mass is 32.2. The fourth-order valence-electron chi connectivity index (χ4n) is 2.64. The third-order valence-electron chi connectivity index (χ3n) is 3.55. The van der Waals surface area contributed by atoms with Crippen LogP contribution in [0.15, 0.2) is 30.5 Å². The van der Waals surface area contributed by atoms with E-state index in [9.17, 15) is 18.0 Å². The average Bonchev–Trinajstić information content (AvgIpc) is 2.89. The topological polar surface area (TPSA) is 94.9 Å². The summed E-state index contributed by atoms with van der Waals surface area (Å²) in [4.78, 5) is 24.0. The van der Waals surface area contributed by atoms with Gasteiger partial charge in [-0.15, -0.1) is 0 Å². The van der Waals surface area contributed by atoms with Crippen molar-refractivity contribution >= 4 is 39.4 Å². The first kappa shape index (κ1) is 20.8. The lowest BCUT2D eigenvalue weighted by Gasteiger charge is -2.22. The number of thiol groups is 1. The Balaban J connectivity index is 2.41. The molecule has 0 radical (unpaired) electrons. The summed E-state index contributed by atoms with van der Waals surface area (Å²) in [6, 6.07) is 7.03. The molecule has 1 aromatic carbocycles. The zero-order valence-electron chi connectivity index (χ0n) is 15.8. The van der Waals surface area contributed by atoms with Crippen molar-refractivity contribution in [2.75, 3.05) is 17.5 Å². The summed E-state index contributed by atoms with van der Waals surface area (Å²) in [6.45, 7) is 6.56. The molecule has 8 nitrogen and oxygen atoms in total. The maximum absolute atomic E-state index is 12.1. The number of hydrogen-bond donors (Lipinski definition) is 1. The molecule has 0 aliphatic heterocycles. The Kier molecular flexibility index (Phi) is 6.48. The van der Waals surface area contributed by atoms with E-state index in [4.69, 9.17) is 9.47 Å². The van der Waals surface area contributed by atoms with E-state index >= 15 is 0 Å². The Morgan fingerprint density at radius 3 is 2.41 bits per heavy atom.